The van der Waals surface area contributed by atoms with Gasteiger partial charge in [0, 0.05) is 0 Å². The second-order valence-corrected chi connectivity index (χ2v) is 1.94. The molecule has 0 amide bonds. The predicted molar refractivity (Wildman–Crippen MR) is 41.2 cm³/mol. The molecule has 0 saturated carbocycles. The summed E-state index contributed by atoms with van der Waals surface area (Å²) in [7, 11) is 0. The molecule has 0 heterocycles. The molecule has 4 nitrogen and oxygen atoms in total. The van der Waals surface area contributed by atoms with E-state index in [-0.39, 0.29) is 5.57 Å². The van der Waals surface area contributed by atoms with Gasteiger partial charge in [0.15, 0.2) is 5.57 Å². The molecule has 0 aromatic heterocycles. The fourth-order valence-corrected chi connectivity index (χ4v) is 0.507. The van der Waals surface area contributed by atoms with Crippen molar-refractivity contribution in [3.8, 4) is 12.1 Å². The number of amidine groups is 1. The van der Waals surface area contributed by atoms with E-state index in [1.165, 1.54) is 0 Å². The lowest BCUT2D eigenvalue weighted by molar-refractivity contribution is 1.25. The molecule has 0 saturated heterocycles. The summed E-state index contributed by atoms with van der Waals surface area (Å²) in [6, 6.07) is 3.43. The molecule has 4 heteroatoms. The van der Waals surface area contributed by atoms with E-state index in [0.717, 1.165) is 0 Å². The molecule has 0 unspecified atom stereocenters. The molecule has 0 aliphatic carbocycles. The van der Waals surface area contributed by atoms with Gasteiger partial charge in [0.2, 0.25) is 0 Å². The molecule has 0 aromatic carbocycles. The molecule has 0 radical (unpaired) electrons. The Hall–Kier alpha value is -1.81. The largest absolute Gasteiger partial charge is 0.387 e. The van der Waals surface area contributed by atoms with Crippen molar-refractivity contribution in [2.75, 3.05) is 0 Å². The second kappa shape index (κ2) is 4.08. The normalized spacial score (nSPS) is 9.64. The van der Waals surface area contributed by atoms with E-state index in [2.05, 4.69) is 4.99 Å². The van der Waals surface area contributed by atoms with Gasteiger partial charge >= 0.3 is 0 Å². The Morgan fingerprint density at radius 2 is 1.73 bits per heavy atom. The minimum atomic E-state index is -0.00481. The number of rotatable bonds is 1. The van der Waals surface area contributed by atoms with Gasteiger partial charge < -0.3 is 5.73 Å². The summed E-state index contributed by atoms with van der Waals surface area (Å²) in [6.07, 6.45) is 0. The molecule has 0 aliphatic rings. The van der Waals surface area contributed by atoms with E-state index in [9.17, 15) is 0 Å². The van der Waals surface area contributed by atoms with Crippen LogP contribution in [0.1, 0.15) is 13.8 Å². The zero-order valence-electron chi connectivity index (χ0n) is 6.42. The van der Waals surface area contributed by atoms with Gasteiger partial charge in [0.25, 0.3) is 0 Å². The SMILES string of the molecule is CC(N)=NC(C)=C(C#N)C#N. The maximum Gasteiger partial charge on any atom is 0.150 e. The lowest BCUT2D eigenvalue weighted by Crippen LogP contribution is -2.05. The highest BCUT2D eigenvalue weighted by molar-refractivity contribution is 5.78. The van der Waals surface area contributed by atoms with Crippen LogP contribution in [0, 0.1) is 22.7 Å². The minimum Gasteiger partial charge on any atom is -0.387 e. The number of hydrogen-bond donors (Lipinski definition) is 1. The molecule has 0 spiro atoms. The van der Waals surface area contributed by atoms with Crippen LogP contribution in [0.15, 0.2) is 16.3 Å². The zero-order chi connectivity index (χ0) is 8.85. The van der Waals surface area contributed by atoms with Crippen LogP contribution in [0.5, 0.6) is 0 Å². The molecular formula is C7H8N4. The smallest absolute Gasteiger partial charge is 0.150 e. The maximum atomic E-state index is 8.37. The fourth-order valence-electron chi connectivity index (χ4n) is 0.507. The van der Waals surface area contributed by atoms with Gasteiger partial charge in [-0.3, -0.25) is 0 Å². The number of allylic oxidation sites excluding steroid dienone is 2. The first-order valence-corrected chi connectivity index (χ1v) is 2.93. The van der Waals surface area contributed by atoms with E-state index in [0.29, 0.717) is 11.5 Å². The van der Waals surface area contributed by atoms with Gasteiger partial charge in [-0.05, 0) is 13.8 Å². The third-order valence-electron chi connectivity index (χ3n) is 0.929. The van der Waals surface area contributed by atoms with E-state index in [1.807, 2.05) is 0 Å². The number of nitriles is 2. The van der Waals surface area contributed by atoms with Crippen molar-refractivity contribution in [2.45, 2.75) is 13.8 Å². The molecule has 56 valence electrons. The van der Waals surface area contributed by atoms with Crippen LogP contribution >= 0.6 is 0 Å². The summed E-state index contributed by atoms with van der Waals surface area (Å²) < 4.78 is 0. The molecule has 11 heavy (non-hydrogen) atoms. The van der Waals surface area contributed by atoms with Crippen LogP contribution in [-0.2, 0) is 0 Å². The van der Waals surface area contributed by atoms with Crippen LogP contribution < -0.4 is 5.73 Å². The maximum absolute atomic E-state index is 8.37. The molecule has 0 aliphatic heterocycles. The molecule has 2 N–H and O–H groups in total. The standard InChI is InChI=1S/C7H8N4/c1-5(11-6(2)10)7(3-8)4-9/h1-2H3,(H2,10,11). The average Bonchev–Trinajstić information content (AvgIpc) is 1.88. The Morgan fingerprint density at radius 1 is 1.27 bits per heavy atom. The van der Waals surface area contributed by atoms with Crippen molar-refractivity contribution >= 4 is 5.84 Å². The lowest BCUT2D eigenvalue weighted by atomic mass is 10.3. The van der Waals surface area contributed by atoms with Gasteiger partial charge in [-0.25, -0.2) is 4.99 Å². The van der Waals surface area contributed by atoms with E-state index in [1.54, 1.807) is 26.0 Å². The molecule has 0 fully saturated rings. The summed E-state index contributed by atoms with van der Waals surface area (Å²) in [6.45, 7) is 3.16. The summed E-state index contributed by atoms with van der Waals surface area (Å²) >= 11 is 0. The topological polar surface area (TPSA) is 86.0 Å². The summed E-state index contributed by atoms with van der Waals surface area (Å²) in [5.41, 5.74) is 5.59. The van der Waals surface area contributed by atoms with Crippen molar-refractivity contribution in [3.63, 3.8) is 0 Å². The Labute approximate surface area is 65.3 Å². The second-order valence-electron chi connectivity index (χ2n) is 1.94. The Morgan fingerprint density at radius 3 is 2.00 bits per heavy atom. The van der Waals surface area contributed by atoms with Gasteiger partial charge in [-0.15, -0.1) is 0 Å². The van der Waals surface area contributed by atoms with E-state index in [4.69, 9.17) is 16.3 Å². The van der Waals surface area contributed by atoms with Crippen LogP contribution in [0.3, 0.4) is 0 Å². The van der Waals surface area contributed by atoms with Crippen molar-refractivity contribution in [1.82, 2.24) is 0 Å². The van der Waals surface area contributed by atoms with E-state index >= 15 is 0 Å². The van der Waals surface area contributed by atoms with Crippen LogP contribution in [0.25, 0.3) is 0 Å². The average molecular weight is 148 g/mol. The highest BCUT2D eigenvalue weighted by Crippen LogP contribution is 2.02. The number of hydrogen-bond acceptors (Lipinski definition) is 3. The molecular weight excluding hydrogens is 140 g/mol. The summed E-state index contributed by atoms with van der Waals surface area (Å²) in [5.74, 6) is 0.338. The Balaban J connectivity index is 4.86. The van der Waals surface area contributed by atoms with Gasteiger partial charge in [-0.2, -0.15) is 10.5 Å². The molecule has 0 rings (SSSR count). The first kappa shape index (κ1) is 9.19. The van der Waals surface area contributed by atoms with Crippen molar-refractivity contribution in [3.05, 3.63) is 11.3 Å². The summed E-state index contributed by atoms with van der Waals surface area (Å²) in [5, 5.41) is 16.7. The number of aliphatic imine (C=N–C) groups is 1. The Kier molecular flexibility index (Phi) is 3.41. The van der Waals surface area contributed by atoms with Crippen LogP contribution in [-0.4, -0.2) is 5.84 Å². The predicted octanol–water partition coefficient (Wildman–Crippen LogP) is 0.685. The Bertz CT molecular complexity index is 265. The minimum absolute atomic E-state index is 0.00481. The summed E-state index contributed by atoms with van der Waals surface area (Å²) in [4.78, 5) is 3.75. The third kappa shape index (κ3) is 3.02. The van der Waals surface area contributed by atoms with E-state index < -0.39 is 0 Å². The lowest BCUT2D eigenvalue weighted by Gasteiger charge is -1.91. The van der Waals surface area contributed by atoms with Gasteiger partial charge in [0.05, 0.1) is 11.5 Å². The van der Waals surface area contributed by atoms with Crippen molar-refractivity contribution in [1.29, 1.82) is 10.5 Å². The van der Waals surface area contributed by atoms with Crippen LogP contribution in [0.2, 0.25) is 0 Å². The van der Waals surface area contributed by atoms with Gasteiger partial charge in [0.1, 0.15) is 12.1 Å². The number of nitrogens with two attached hydrogens (primary N) is 1. The fraction of sp³-hybridized carbons (Fsp3) is 0.286. The van der Waals surface area contributed by atoms with Crippen molar-refractivity contribution < 1.29 is 0 Å². The first-order valence-electron chi connectivity index (χ1n) is 2.93. The van der Waals surface area contributed by atoms with Crippen LogP contribution in [0.4, 0.5) is 0 Å². The number of nitrogens with zero attached hydrogens (tertiary/aromatic N) is 3. The van der Waals surface area contributed by atoms with Crippen molar-refractivity contribution in [2.24, 2.45) is 10.7 Å². The first-order chi connectivity index (χ1) is 5.11. The molecule has 0 aromatic rings. The highest BCUT2D eigenvalue weighted by atomic mass is 14.8. The molecule has 0 atom stereocenters. The van der Waals surface area contributed by atoms with Gasteiger partial charge in [-0.1, -0.05) is 0 Å². The zero-order valence-corrected chi connectivity index (χ0v) is 6.42. The highest BCUT2D eigenvalue weighted by Gasteiger charge is 1.97. The quantitative estimate of drug-likeness (QED) is 0.337. The monoisotopic (exact) mass is 148 g/mol. The third-order valence-corrected chi connectivity index (χ3v) is 0.929. The molecule has 0 bridgehead atoms.